The summed E-state index contributed by atoms with van der Waals surface area (Å²) in [5.74, 6) is -1.12. The molecule has 0 aliphatic carbocycles. The smallest absolute Gasteiger partial charge is 0.150 e. The Balaban J connectivity index is 2.57. The summed E-state index contributed by atoms with van der Waals surface area (Å²) >= 11 is 0. The van der Waals surface area contributed by atoms with Gasteiger partial charge in [-0.1, -0.05) is 0 Å². The summed E-state index contributed by atoms with van der Waals surface area (Å²) in [5.41, 5.74) is 0.652. The fourth-order valence-corrected chi connectivity index (χ4v) is 1.36. The van der Waals surface area contributed by atoms with E-state index in [2.05, 4.69) is 4.98 Å². The van der Waals surface area contributed by atoms with Crippen LogP contribution in [0.4, 0.5) is 8.78 Å². The van der Waals surface area contributed by atoms with E-state index < -0.39 is 11.6 Å². The predicted octanol–water partition coefficient (Wildman–Crippen LogP) is 2.84. The van der Waals surface area contributed by atoms with Crippen LogP contribution < -0.4 is 0 Å². The molecule has 0 radical (unpaired) electrons. The average molecular weight is 219 g/mol. The normalized spacial score (nSPS) is 10.1. The Hall–Kier alpha value is -2.10. The minimum absolute atomic E-state index is 0.0451. The third kappa shape index (κ3) is 1.95. The van der Waals surface area contributed by atoms with Gasteiger partial charge in [-0.3, -0.25) is 9.78 Å². The van der Waals surface area contributed by atoms with Crippen molar-refractivity contribution in [3.05, 3.63) is 53.7 Å². The molecule has 0 saturated carbocycles. The number of nitrogens with zero attached hydrogens (tertiary/aromatic N) is 1. The zero-order valence-electron chi connectivity index (χ0n) is 8.15. The summed E-state index contributed by atoms with van der Waals surface area (Å²) < 4.78 is 26.3. The second-order valence-corrected chi connectivity index (χ2v) is 3.22. The predicted molar refractivity (Wildman–Crippen MR) is 55.0 cm³/mol. The molecule has 0 spiro atoms. The van der Waals surface area contributed by atoms with E-state index in [-0.39, 0.29) is 11.3 Å². The van der Waals surface area contributed by atoms with Crippen LogP contribution in [0.2, 0.25) is 0 Å². The molecule has 16 heavy (non-hydrogen) atoms. The standard InChI is InChI=1S/C12H7F2NO/c13-9-1-2-11(14)10(6-9)12-5-8(7-16)3-4-15-12/h1-7H. The van der Waals surface area contributed by atoms with Crippen LogP contribution in [0.1, 0.15) is 10.4 Å². The van der Waals surface area contributed by atoms with Crippen LogP contribution in [0.25, 0.3) is 11.3 Å². The van der Waals surface area contributed by atoms with Crippen molar-refractivity contribution in [3.8, 4) is 11.3 Å². The average Bonchev–Trinajstić information content (AvgIpc) is 2.32. The number of carbonyl (C=O) groups is 1. The summed E-state index contributed by atoms with van der Waals surface area (Å²) in [6.45, 7) is 0. The number of hydrogen-bond donors (Lipinski definition) is 0. The molecule has 0 unspecified atom stereocenters. The van der Waals surface area contributed by atoms with E-state index in [1.165, 1.54) is 18.3 Å². The van der Waals surface area contributed by atoms with Crippen LogP contribution in [0, 0.1) is 11.6 Å². The molecule has 0 N–H and O–H groups in total. The third-order valence-electron chi connectivity index (χ3n) is 2.12. The molecule has 0 aliphatic rings. The summed E-state index contributed by atoms with van der Waals surface area (Å²) in [6, 6.07) is 6.01. The number of hydrogen-bond acceptors (Lipinski definition) is 2. The van der Waals surface area contributed by atoms with Crippen molar-refractivity contribution in [1.29, 1.82) is 0 Å². The molecule has 0 aliphatic heterocycles. The van der Waals surface area contributed by atoms with Crippen LogP contribution in [0.15, 0.2) is 36.5 Å². The Labute approximate surface area is 90.6 Å². The maximum Gasteiger partial charge on any atom is 0.150 e. The molecular formula is C12H7F2NO. The van der Waals surface area contributed by atoms with Gasteiger partial charge in [0.2, 0.25) is 0 Å². The first-order chi connectivity index (χ1) is 7.70. The quantitative estimate of drug-likeness (QED) is 0.727. The van der Waals surface area contributed by atoms with Crippen molar-refractivity contribution in [2.24, 2.45) is 0 Å². The van der Waals surface area contributed by atoms with Crippen molar-refractivity contribution < 1.29 is 13.6 Å². The molecule has 0 atom stereocenters. The van der Waals surface area contributed by atoms with Gasteiger partial charge in [-0.2, -0.15) is 0 Å². The highest BCUT2D eigenvalue weighted by Gasteiger charge is 2.08. The molecule has 0 saturated heterocycles. The first kappa shape index (κ1) is 10.4. The van der Waals surface area contributed by atoms with Crippen LogP contribution in [-0.2, 0) is 0 Å². The third-order valence-corrected chi connectivity index (χ3v) is 2.12. The SMILES string of the molecule is O=Cc1ccnc(-c2cc(F)ccc2F)c1. The minimum atomic E-state index is -0.572. The molecule has 4 heteroatoms. The van der Waals surface area contributed by atoms with E-state index in [1.54, 1.807) is 0 Å². The van der Waals surface area contributed by atoms with Crippen molar-refractivity contribution in [2.75, 3.05) is 0 Å². The lowest BCUT2D eigenvalue weighted by molar-refractivity contribution is 0.112. The molecule has 2 aromatic rings. The number of pyridine rings is 1. The van der Waals surface area contributed by atoms with E-state index in [1.807, 2.05) is 0 Å². The Morgan fingerprint density at radius 2 is 1.94 bits per heavy atom. The highest BCUT2D eigenvalue weighted by molar-refractivity contribution is 5.77. The van der Waals surface area contributed by atoms with Gasteiger partial charge in [0.05, 0.1) is 5.69 Å². The number of rotatable bonds is 2. The van der Waals surface area contributed by atoms with Crippen molar-refractivity contribution in [2.45, 2.75) is 0 Å². The van der Waals surface area contributed by atoms with Gasteiger partial charge in [0.25, 0.3) is 0 Å². The number of carbonyl (C=O) groups excluding carboxylic acids is 1. The van der Waals surface area contributed by atoms with Gasteiger partial charge in [0.15, 0.2) is 0 Å². The van der Waals surface area contributed by atoms with E-state index in [0.717, 1.165) is 18.2 Å². The summed E-state index contributed by atoms with van der Waals surface area (Å²) in [7, 11) is 0. The van der Waals surface area contributed by atoms with Gasteiger partial charge in [-0.05, 0) is 30.3 Å². The molecule has 0 amide bonds. The monoisotopic (exact) mass is 219 g/mol. The van der Waals surface area contributed by atoms with Crippen LogP contribution in [0.3, 0.4) is 0 Å². The molecule has 2 nitrogen and oxygen atoms in total. The van der Waals surface area contributed by atoms with Crippen molar-refractivity contribution in [3.63, 3.8) is 0 Å². The van der Waals surface area contributed by atoms with Crippen LogP contribution in [-0.4, -0.2) is 11.3 Å². The second-order valence-electron chi connectivity index (χ2n) is 3.22. The van der Waals surface area contributed by atoms with Gasteiger partial charge in [0, 0.05) is 17.3 Å². The first-order valence-electron chi connectivity index (χ1n) is 4.57. The second kappa shape index (κ2) is 4.18. The van der Waals surface area contributed by atoms with E-state index >= 15 is 0 Å². The molecule has 0 bridgehead atoms. The Kier molecular flexibility index (Phi) is 2.72. The molecule has 1 aromatic carbocycles. The number of benzene rings is 1. The van der Waals surface area contributed by atoms with Gasteiger partial charge < -0.3 is 0 Å². The summed E-state index contributed by atoms with van der Waals surface area (Å²) in [5, 5.41) is 0. The maximum absolute atomic E-state index is 13.4. The molecule has 2 rings (SSSR count). The van der Waals surface area contributed by atoms with Gasteiger partial charge >= 0.3 is 0 Å². The van der Waals surface area contributed by atoms with E-state index in [9.17, 15) is 13.6 Å². The molecular weight excluding hydrogens is 212 g/mol. The van der Waals surface area contributed by atoms with Gasteiger partial charge in [0.1, 0.15) is 17.9 Å². The van der Waals surface area contributed by atoms with Crippen LogP contribution in [0.5, 0.6) is 0 Å². The molecule has 0 fully saturated rings. The highest BCUT2D eigenvalue weighted by atomic mass is 19.1. The zero-order chi connectivity index (χ0) is 11.5. The lowest BCUT2D eigenvalue weighted by Crippen LogP contribution is -1.91. The number of aldehydes is 1. The topological polar surface area (TPSA) is 30.0 Å². The highest BCUT2D eigenvalue weighted by Crippen LogP contribution is 2.21. The Bertz CT molecular complexity index is 540. The van der Waals surface area contributed by atoms with Crippen molar-refractivity contribution in [1.82, 2.24) is 4.98 Å². The van der Waals surface area contributed by atoms with Gasteiger partial charge in [-0.15, -0.1) is 0 Å². The number of halogens is 2. The van der Waals surface area contributed by atoms with E-state index in [0.29, 0.717) is 11.8 Å². The van der Waals surface area contributed by atoms with Crippen molar-refractivity contribution >= 4 is 6.29 Å². The fourth-order valence-electron chi connectivity index (χ4n) is 1.36. The molecule has 1 heterocycles. The van der Waals surface area contributed by atoms with Gasteiger partial charge in [-0.25, -0.2) is 8.78 Å². The van der Waals surface area contributed by atoms with E-state index in [4.69, 9.17) is 0 Å². The Morgan fingerprint density at radius 1 is 1.12 bits per heavy atom. The van der Waals surface area contributed by atoms with Crippen LogP contribution >= 0.6 is 0 Å². The zero-order valence-corrected chi connectivity index (χ0v) is 8.15. The summed E-state index contributed by atoms with van der Waals surface area (Å²) in [6.07, 6.45) is 2.01. The first-order valence-corrected chi connectivity index (χ1v) is 4.57. The lowest BCUT2D eigenvalue weighted by Gasteiger charge is -2.03. The molecule has 80 valence electrons. The summed E-state index contributed by atoms with van der Waals surface area (Å²) in [4.78, 5) is 14.4. The minimum Gasteiger partial charge on any atom is -0.298 e. The molecule has 1 aromatic heterocycles. The number of aromatic nitrogens is 1. The largest absolute Gasteiger partial charge is 0.298 e. The maximum atomic E-state index is 13.4. The Morgan fingerprint density at radius 3 is 2.69 bits per heavy atom. The lowest BCUT2D eigenvalue weighted by atomic mass is 10.1. The fraction of sp³-hybridized carbons (Fsp3) is 0.